The van der Waals surface area contributed by atoms with Gasteiger partial charge in [0.15, 0.2) is 0 Å². The van der Waals surface area contributed by atoms with Crippen molar-refractivity contribution in [2.75, 3.05) is 45.8 Å². The van der Waals surface area contributed by atoms with E-state index >= 15 is 0 Å². The van der Waals surface area contributed by atoms with Gasteiger partial charge in [0.1, 0.15) is 16.5 Å². The number of halogens is 2. The molecule has 0 unspecified atom stereocenters. The molecule has 28 heavy (non-hydrogen) atoms. The third-order valence-electron chi connectivity index (χ3n) is 4.97. The Labute approximate surface area is 163 Å². The molecule has 2 heterocycles. The van der Waals surface area contributed by atoms with Crippen molar-refractivity contribution < 1.29 is 26.7 Å². The van der Waals surface area contributed by atoms with E-state index in [9.17, 15) is 22.0 Å². The summed E-state index contributed by atoms with van der Waals surface area (Å²) >= 11 is 0. The van der Waals surface area contributed by atoms with Gasteiger partial charge in [0.05, 0.1) is 18.8 Å². The number of rotatable bonds is 4. The van der Waals surface area contributed by atoms with Gasteiger partial charge in [0.2, 0.25) is 15.9 Å². The molecule has 2 aliphatic rings. The van der Waals surface area contributed by atoms with Crippen molar-refractivity contribution in [2.45, 2.75) is 31.0 Å². The van der Waals surface area contributed by atoms with Crippen LogP contribution in [0.4, 0.5) is 8.78 Å². The van der Waals surface area contributed by atoms with Crippen LogP contribution in [0.2, 0.25) is 0 Å². The van der Waals surface area contributed by atoms with Crippen LogP contribution in [-0.2, 0) is 19.6 Å². The van der Waals surface area contributed by atoms with Crippen molar-refractivity contribution in [2.24, 2.45) is 0 Å². The fourth-order valence-electron chi connectivity index (χ4n) is 3.62. The maximum Gasteiger partial charge on any atom is 0.246 e. The van der Waals surface area contributed by atoms with Crippen LogP contribution in [0.5, 0.6) is 0 Å². The van der Waals surface area contributed by atoms with Gasteiger partial charge in [0, 0.05) is 45.3 Å². The third-order valence-corrected chi connectivity index (χ3v) is 6.91. The van der Waals surface area contributed by atoms with Gasteiger partial charge >= 0.3 is 0 Å². The molecule has 0 radical (unpaired) electrons. The number of amides is 1. The SMILES string of the molecule is C[C@@H]1CN(C(=O)CN2CCN(S(=O)(=O)c3ccc(F)cc3F)CC2)C[C@@H](C)O1. The summed E-state index contributed by atoms with van der Waals surface area (Å²) in [4.78, 5) is 15.7. The van der Waals surface area contributed by atoms with Gasteiger partial charge in [0.25, 0.3) is 0 Å². The Morgan fingerprint density at radius 1 is 1.11 bits per heavy atom. The lowest BCUT2D eigenvalue weighted by molar-refractivity contribution is -0.144. The highest BCUT2D eigenvalue weighted by Gasteiger charge is 2.32. The lowest BCUT2D eigenvalue weighted by Gasteiger charge is -2.38. The lowest BCUT2D eigenvalue weighted by Crippen LogP contribution is -2.54. The van der Waals surface area contributed by atoms with Crippen LogP contribution in [0, 0.1) is 11.6 Å². The first kappa shape index (κ1) is 21.1. The first-order valence-corrected chi connectivity index (χ1v) is 10.7. The minimum Gasteiger partial charge on any atom is -0.372 e. The van der Waals surface area contributed by atoms with E-state index in [0.717, 1.165) is 12.1 Å². The highest BCUT2D eigenvalue weighted by Crippen LogP contribution is 2.21. The van der Waals surface area contributed by atoms with Crippen molar-refractivity contribution >= 4 is 15.9 Å². The molecular formula is C18H25F2N3O4S. The smallest absolute Gasteiger partial charge is 0.246 e. The molecular weight excluding hydrogens is 392 g/mol. The molecule has 0 saturated carbocycles. The predicted molar refractivity (Wildman–Crippen MR) is 98.1 cm³/mol. The van der Waals surface area contributed by atoms with Gasteiger partial charge in [-0.15, -0.1) is 0 Å². The second-order valence-corrected chi connectivity index (χ2v) is 9.22. The van der Waals surface area contributed by atoms with Crippen LogP contribution < -0.4 is 0 Å². The minimum atomic E-state index is -4.04. The monoisotopic (exact) mass is 417 g/mol. The van der Waals surface area contributed by atoms with Crippen molar-refractivity contribution in [3.63, 3.8) is 0 Å². The van der Waals surface area contributed by atoms with Gasteiger partial charge in [-0.2, -0.15) is 4.31 Å². The standard InChI is InChI=1S/C18H25F2N3O4S/c1-13-10-22(11-14(2)27-13)18(24)12-21-5-7-23(8-6-21)28(25,26)17-4-3-15(19)9-16(17)20/h3-4,9,13-14H,5-8,10-12H2,1-2H3/t13-,14-/m1/s1. The average Bonchev–Trinajstić information content (AvgIpc) is 2.61. The normalized spacial score (nSPS) is 25.1. The third kappa shape index (κ3) is 4.68. The number of carbonyl (C=O) groups excluding carboxylic acids is 1. The van der Waals surface area contributed by atoms with Crippen LogP contribution in [-0.4, -0.2) is 86.5 Å². The minimum absolute atomic E-state index is 0.0112. The largest absolute Gasteiger partial charge is 0.372 e. The summed E-state index contributed by atoms with van der Waals surface area (Å²) in [7, 11) is -4.04. The maximum absolute atomic E-state index is 13.9. The predicted octanol–water partition coefficient (Wildman–Crippen LogP) is 0.907. The van der Waals surface area contributed by atoms with E-state index in [2.05, 4.69) is 0 Å². The average molecular weight is 417 g/mol. The molecule has 1 aromatic rings. The second-order valence-electron chi connectivity index (χ2n) is 7.31. The molecule has 2 aliphatic heterocycles. The van der Waals surface area contributed by atoms with Gasteiger partial charge in [-0.1, -0.05) is 0 Å². The van der Waals surface area contributed by atoms with Crippen LogP contribution in [0.25, 0.3) is 0 Å². The van der Waals surface area contributed by atoms with Crippen LogP contribution in [0.15, 0.2) is 23.1 Å². The number of piperazine rings is 1. The summed E-state index contributed by atoms with van der Waals surface area (Å²) in [5, 5.41) is 0. The first-order chi connectivity index (χ1) is 13.2. The van der Waals surface area contributed by atoms with Gasteiger partial charge in [-0.05, 0) is 26.0 Å². The zero-order chi connectivity index (χ0) is 20.5. The molecule has 2 fully saturated rings. The molecule has 1 aromatic carbocycles. The Bertz CT molecular complexity index is 818. The van der Waals surface area contributed by atoms with Crippen molar-refractivity contribution in [1.82, 2.24) is 14.1 Å². The number of hydrogen-bond acceptors (Lipinski definition) is 5. The summed E-state index contributed by atoms with van der Waals surface area (Å²) in [6.07, 6.45) is -0.0272. The Balaban J connectivity index is 1.57. The van der Waals surface area contributed by atoms with Crippen molar-refractivity contribution in [3.05, 3.63) is 29.8 Å². The molecule has 7 nitrogen and oxygen atoms in total. The Hall–Kier alpha value is -1.62. The highest BCUT2D eigenvalue weighted by atomic mass is 32.2. The number of nitrogens with zero attached hydrogens (tertiary/aromatic N) is 3. The number of ether oxygens (including phenoxy) is 1. The Morgan fingerprint density at radius 3 is 2.29 bits per heavy atom. The quantitative estimate of drug-likeness (QED) is 0.728. The molecule has 156 valence electrons. The number of morpholine rings is 1. The van der Waals surface area contributed by atoms with E-state index < -0.39 is 26.6 Å². The zero-order valence-corrected chi connectivity index (χ0v) is 16.8. The number of carbonyl (C=O) groups is 1. The van der Waals surface area contributed by atoms with Crippen molar-refractivity contribution in [1.29, 1.82) is 0 Å². The molecule has 0 spiro atoms. The molecule has 10 heteroatoms. The van der Waals surface area contributed by atoms with E-state index in [1.54, 1.807) is 4.90 Å². The summed E-state index contributed by atoms with van der Waals surface area (Å²) in [6.45, 7) is 6.15. The van der Waals surface area contributed by atoms with Gasteiger partial charge < -0.3 is 9.64 Å². The van der Waals surface area contributed by atoms with Gasteiger partial charge in [-0.3, -0.25) is 9.69 Å². The maximum atomic E-state index is 13.9. The molecule has 3 rings (SSSR count). The van der Waals surface area contributed by atoms with Crippen molar-refractivity contribution in [3.8, 4) is 0 Å². The van der Waals surface area contributed by atoms with Crippen LogP contribution in [0.1, 0.15) is 13.8 Å². The number of hydrogen-bond donors (Lipinski definition) is 0. The van der Waals surface area contributed by atoms with Crippen LogP contribution >= 0.6 is 0 Å². The summed E-state index contributed by atoms with van der Waals surface area (Å²) in [5.74, 6) is -1.94. The van der Waals surface area contributed by atoms with E-state index in [1.165, 1.54) is 4.31 Å². The Kier molecular flexibility index (Phi) is 6.33. The molecule has 0 bridgehead atoms. The van der Waals surface area contributed by atoms with E-state index in [4.69, 9.17) is 4.74 Å². The topological polar surface area (TPSA) is 70.2 Å². The van der Waals surface area contributed by atoms with E-state index in [-0.39, 0.29) is 37.7 Å². The Morgan fingerprint density at radius 2 is 1.71 bits per heavy atom. The van der Waals surface area contributed by atoms with Gasteiger partial charge in [-0.25, -0.2) is 17.2 Å². The summed E-state index contributed by atoms with van der Waals surface area (Å²) in [5.41, 5.74) is 0. The number of sulfonamides is 1. The highest BCUT2D eigenvalue weighted by molar-refractivity contribution is 7.89. The first-order valence-electron chi connectivity index (χ1n) is 9.27. The molecule has 0 aliphatic carbocycles. The zero-order valence-electron chi connectivity index (χ0n) is 16.0. The van der Waals surface area contributed by atoms with Crippen LogP contribution in [0.3, 0.4) is 0 Å². The molecule has 0 aromatic heterocycles. The molecule has 0 N–H and O–H groups in total. The summed E-state index contributed by atoms with van der Waals surface area (Å²) in [6, 6.07) is 2.43. The van der Waals surface area contributed by atoms with E-state index in [1.807, 2.05) is 18.7 Å². The number of benzene rings is 1. The van der Waals surface area contributed by atoms with E-state index in [0.29, 0.717) is 32.2 Å². The molecule has 2 atom stereocenters. The molecule has 2 saturated heterocycles. The fourth-order valence-corrected chi connectivity index (χ4v) is 5.09. The summed E-state index contributed by atoms with van der Waals surface area (Å²) < 4.78 is 59.0. The fraction of sp³-hybridized carbons (Fsp3) is 0.611. The molecule has 1 amide bonds. The second kappa shape index (κ2) is 8.40. The lowest BCUT2D eigenvalue weighted by atomic mass is 10.2.